The quantitative estimate of drug-likeness (QED) is 0.0792. The first-order chi connectivity index (χ1) is 15.1. The summed E-state index contributed by atoms with van der Waals surface area (Å²) in [6.07, 6.45) is -6.60. The number of alkyl halides is 18. The van der Waals surface area contributed by atoms with E-state index in [2.05, 4.69) is 0 Å². The Labute approximate surface area is 201 Å². The SMILES string of the molecule is CCCCCCC(I)C(C)C(F)(F)C(F)(F)C(F)(F)C(F)(F)C(F)(F)C(F)(F)C(F)(F)C(F)(F)F. The van der Waals surface area contributed by atoms with Crippen molar-refractivity contribution < 1.29 is 74.6 Å². The normalized spacial score (nSPS) is 17.5. The second-order valence-electron chi connectivity index (χ2n) is 7.72. The zero-order valence-electron chi connectivity index (χ0n) is 17.5. The van der Waals surface area contributed by atoms with Crippen molar-refractivity contribution in [1.29, 1.82) is 0 Å². The van der Waals surface area contributed by atoms with Crippen molar-refractivity contribution in [3.05, 3.63) is 0 Å². The van der Waals surface area contributed by atoms with Crippen molar-refractivity contribution >= 4 is 22.6 Å². The molecule has 0 aliphatic rings. The Balaban J connectivity index is 6.44. The second kappa shape index (κ2) is 10.4. The Morgan fingerprint density at radius 2 is 0.857 bits per heavy atom. The number of rotatable bonds is 13. The van der Waals surface area contributed by atoms with Crippen molar-refractivity contribution in [3.63, 3.8) is 0 Å². The first-order valence-electron chi connectivity index (χ1n) is 9.50. The van der Waals surface area contributed by atoms with E-state index < -0.39 is 57.5 Å². The molecule has 0 amide bonds. The third kappa shape index (κ3) is 5.41. The highest BCUT2D eigenvalue weighted by Crippen LogP contribution is 2.64. The van der Waals surface area contributed by atoms with Gasteiger partial charge in [0.15, 0.2) is 0 Å². The summed E-state index contributed by atoms with van der Waals surface area (Å²) in [4.78, 5) is 0. The van der Waals surface area contributed by atoms with Crippen LogP contribution in [0.3, 0.4) is 0 Å². The van der Waals surface area contributed by atoms with Gasteiger partial charge in [0.25, 0.3) is 0 Å². The van der Waals surface area contributed by atoms with Crippen molar-refractivity contribution in [1.82, 2.24) is 0 Å². The van der Waals surface area contributed by atoms with Crippen LogP contribution in [-0.2, 0) is 0 Å². The molecule has 212 valence electrons. The summed E-state index contributed by atoms with van der Waals surface area (Å²) in [7, 11) is 0. The zero-order valence-corrected chi connectivity index (χ0v) is 19.7. The van der Waals surface area contributed by atoms with Gasteiger partial charge in [-0.2, -0.15) is 74.6 Å². The molecule has 0 fully saturated rings. The van der Waals surface area contributed by atoms with E-state index in [0.717, 1.165) is 22.6 Å². The fourth-order valence-corrected chi connectivity index (χ4v) is 3.60. The molecular weight excluding hydrogens is 654 g/mol. The van der Waals surface area contributed by atoms with Gasteiger partial charge in [0, 0.05) is 9.84 Å². The van der Waals surface area contributed by atoms with E-state index >= 15 is 0 Å². The van der Waals surface area contributed by atoms with Crippen molar-refractivity contribution in [2.75, 3.05) is 0 Å². The molecule has 0 aliphatic carbocycles. The molecule has 0 nitrogen and oxygen atoms in total. The molecule has 0 aliphatic heterocycles. The third-order valence-electron chi connectivity index (χ3n) is 5.19. The first kappa shape index (κ1) is 34.5. The Morgan fingerprint density at radius 1 is 0.514 bits per heavy atom. The van der Waals surface area contributed by atoms with Gasteiger partial charge in [-0.3, -0.25) is 0 Å². The van der Waals surface area contributed by atoms with Gasteiger partial charge >= 0.3 is 47.6 Å². The molecule has 0 N–H and O–H groups in total. The fourth-order valence-electron chi connectivity index (χ4n) is 2.71. The van der Waals surface area contributed by atoms with Crippen LogP contribution in [0.25, 0.3) is 0 Å². The molecule has 2 atom stereocenters. The lowest BCUT2D eigenvalue weighted by atomic mass is 9.84. The summed E-state index contributed by atoms with van der Waals surface area (Å²) in [6.45, 7) is 1.84. The monoisotopic (exact) mass is 672 g/mol. The predicted molar refractivity (Wildman–Crippen MR) is 96.4 cm³/mol. The third-order valence-corrected chi connectivity index (χ3v) is 6.90. The van der Waals surface area contributed by atoms with Crippen molar-refractivity contribution in [3.8, 4) is 0 Å². The summed E-state index contributed by atoms with van der Waals surface area (Å²) in [5.74, 6) is -58.9. The highest BCUT2D eigenvalue weighted by molar-refractivity contribution is 14.1. The maximum Gasteiger partial charge on any atom is 0.460 e. The molecule has 35 heavy (non-hydrogen) atoms. The van der Waals surface area contributed by atoms with E-state index in [0.29, 0.717) is 19.3 Å². The molecular formula is C17H18F17I. The Morgan fingerprint density at radius 3 is 1.20 bits per heavy atom. The maximum absolute atomic E-state index is 14.2. The lowest BCUT2D eigenvalue weighted by Gasteiger charge is -2.44. The molecule has 0 aromatic rings. The number of hydrogen-bond acceptors (Lipinski definition) is 0. The average molecular weight is 672 g/mol. The van der Waals surface area contributed by atoms with Crippen molar-refractivity contribution in [2.45, 2.75) is 97.5 Å². The van der Waals surface area contributed by atoms with Gasteiger partial charge in [-0.25, -0.2) is 0 Å². The highest BCUT2D eigenvalue weighted by Gasteiger charge is 2.95. The standard InChI is InChI=1S/C17H18F17I/c1-3-4-5-6-7-9(35)8(2)10(18,19)11(20,21)12(22,23)13(24,25)14(26,27)15(28,29)16(30,31)17(32,33)34/h8-9H,3-7H2,1-2H3. The predicted octanol–water partition coefficient (Wildman–Crippen LogP) is 9.41. The number of unbranched alkanes of at least 4 members (excludes halogenated alkanes) is 3. The Kier molecular flexibility index (Phi) is 10.2. The molecule has 0 saturated heterocycles. The van der Waals surface area contributed by atoms with Gasteiger partial charge in [0.1, 0.15) is 0 Å². The van der Waals surface area contributed by atoms with Crippen LogP contribution in [0.15, 0.2) is 0 Å². The van der Waals surface area contributed by atoms with E-state index in [-0.39, 0.29) is 19.8 Å². The Bertz CT molecular complexity index is 697. The lowest BCUT2D eigenvalue weighted by molar-refractivity contribution is -0.463. The molecule has 0 bridgehead atoms. The number of hydrogen-bond donors (Lipinski definition) is 0. The van der Waals surface area contributed by atoms with E-state index in [1.165, 1.54) is 0 Å². The van der Waals surface area contributed by atoms with Crippen molar-refractivity contribution in [2.24, 2.45) is 5.92 Å². The molecule has 0 saturated carbocycles. The minimum atomic E-state index is -8.59. The summed E-state index contributed by atoms with van der Waals surface area (Å²) >= 11 is 1.04. The molecule has 0 radical (unpaired) electrons. The number of halogens is 18. The van der Waals surface area contributed by atoms with Crippen LogP contribution in [0.2, 0.25) is 0 Å². The first-order valence-corrected chi connectivity index (χ1v) is 10.7. The van der Waals surface area contributed by atoms with Crippen LogP contribution in [0.5, 0.6) is 0 Å². The topological polar surface area (TPSA) is 0 Å². The van der Waals surface area contributed by atoms with Gasteiger partial charge in [-0.1, -0.05) is 62.1 Å². The summed E-state index contributed by atoms with van der Waals surface area (Å²) < 4.78 is 225. The van der Waals surface area contributed by atoms with Crippen LogP contribution in [0.1, 0.15) is 46.0 Å². The molecule has 0 rings (SSSR count). The van der Waals surface area contributed by atoms with Gasteiger partial charge in [0.05, 0.1) is 0 Å². The van der Waals surface area contributed by atoms with Gasteiger partial charge < -0.3 is 0 Å². The largest absolute Gasteiger partial charge is 0.460 e. The van der Waals surface area contributed by atoms with Crippen LogP contribution in [0.4, 0.5) is 74.6 Å². The van der Waals surface area contributed by atoms with E-state index in [1.807, 2.05) is 0 Å². The maximum atomic E-state index is 14.2. The molecule has 18 heteroatoms. The van der Waals surface area contributed by atoms with Crippen LogP contribution in [0, 0.1) is 5.92 Å². The molecule has 0 aromatic heterocycles. The van der Waals surface area contributed by atoms with E-state index in [9.17, 15) is 74.6 Å². The van der Waals surface area contributed by atoms with Gasteiger partial charge in [0.2, 0.25) is 0 Å². The molecule has 0 heterocycles. The minimum Gasteiger partial charge on any atom is -0.199 e. The lowest BCUT2D eigenvalue weighted by Crippen LogP contribution is -2.75. The molecule has 2 unspecified atom stereocenters. The van der Waals surface area contributed by atoms with E-state index in [4.69, 9.17) is 0 Å². The summed E-state index contributed by atoms with van der Waals surface area (Å²) in [6, 6.07) is 0. The van der Waals surface area contributed by atoms with Crippen LogP contribution < -0.4 is 0 Å². The van der Waals surface area contributed by atoms with Crippen LogP contribution >= 0.6 is 22.6 Å². The second-order valence-corrected chi connectivity index (χ2v) is 9.32. The van der Waals surface area contributed by atoms with Crippen LogP contribution in [-0.4, -0.2) is 51.6 Å². The Hall–Kier alpha value is -0.460. The highest BCUT2D eigenvalue weighted by atomic mass is 127. The molecule has 0 spiro atoms. The van der Waals surface area contributed by atoms with E-state index in [1.54, 1.807) is 6.92 Å². The summed E-state index contributed by atoms with van der Waals surface area (Å²) in [5.41, 5.74) is 0. The smallest absolute Gasteiger partial charge is 0.199 e. The summed E-state index contributed by atoms with van der Waals surface area (Å²) in [5, 5.41) is 0. The zero-order chi connectivity index (χ0) is 28.7. The van der Waals surface area contributed by atoms with Gasteiger partial charge in [-0.15, -0.1) is 0 Å². The minimum absolute atomic E-state index is 0.0524. The molecule has 0 aromatic carbocycles. The fraction of sp³-hybridized carbons (Fsp3) is 1.00. The average Bonchev–Trinajstić information content (AvgIpc) is 2.68. The van der Waals surface area contributed by atoms with Gasteiger partial charge in [-0.05, 0) is 6.42 Å².